The third kappa shape index (κ3) is 6.76. The molecule has 0 rings (SSSR count). The van der Waals surface area contributed by atoms with Gasteiger partial charge in [0.1, 0.15) is 0 Å². The second-order valence-corrected chi connectivity index (χ2v) is 2.07. The van der Waals surface area contributed by atoms with Gasteiger partial charge in [0.25, 0.3) is 0 Å². The van der Waals surface area contributed by atoms with Crippen LogP contribution in [0, 0.1) is 0 Å². The summed E-state index contributed by atoms with van der Waals surface area (Å²) in [6.45, 7) is 0. The van der Waals surface area contributed by atoms with Crippen molar-refractivity contribution in [1.82, 2.24) is 0 Å². The maximum Gasteiger partial charge on any atom is 0.219 e. The largest absolute Gasteiger partial charge is 0.482 e. The minimum Gasteiger partial charge on any atom is -0.482 e. The van der Waals surface area contributed by atoms with Crippen LogP contribution in [0.4, 0.5) is 0 Å². The van der Waals surface area contributed by atoms with Crippen molar-refractivity contribution >= 4 is 28.4 Å². The molecule has 0 aromatic heterocycles. The summed E-state index contributed by atoms with van der Waals surface area (Å²) in [7, 11) is 1.57. The molecule has 0 aliphatic heterocycles. The van der Waals surface area contributed by atoms with E-state index in [1.165, 1.54) is 11.8 Å². The van der Waals surface area contributed by atoms with E-state index < -0.39 is 0 Å². The van der Waals surface area contributed by atoms with Gasteiger partial charge >= 0.3 is 0 Å². The first-order valence-electron chi connectivity index (χ1n) is 1.43. The van der Waals surface area contributed by atoms with Gasteiger partial charge in [0.15, 0.2) is 0 Å². The molecule has 0 saturated heterocycles. The Morgan fingerprint density at radius 3 is 2.14 bits per heavy atom. The van der Waals surface area contributed by atoms with Crippen molar-refractivity contribution in [3.05, 3.63) is 0 Å². The van der Waals surface area contributed by atoms with E-state index in [9.17, 15) is 0 Å². The molecule has 0 spiro atoms. The summed E-state index contributed by atoms with van der Waals surface area (Å²) in [4.78, 5) is 0. The molecule has 7 heavy (non-hydrogen) atoms. The number of ether oxygens (including phenoxy) is 1. The molecule has 0 amide bonds. The predicted octanol–water partition coefficient (Wildman–Crippen LogP) is 1.28. The van der Waals surface area contributed by atoms with Crippen molar-refractivity contribution in [2.75, 3.05) is 13.4 Å². The van der Waals surface area contributed by atoms with Crippen molar-refractivity contribution in [2.24, 2.45) is 0 Å². The van der Waals surface area contributed by atoms with Gasteiger partial charge in [0.05, 0.1) is 7.11 Å². The second kappa shape index (κ2) is 6.76. The Morgan fingerprint density at radius 2 is 2.14 bits per heavy atom. The van der Waals surface area contributed by atoms with Crippen LogP contribution >= 0.6 is 24.0 Å². The number of rotatable bonds is 0. The molecule has 0 heterocycles. The molecule has 0 aliphatic carbocycles. The molecular weight excluding hydrogens is 180 g/mol. The fourth-order valence-electron chi connectivity index (χ4n) is 0.0833. The molecule has 0 aliphatic rings. The molecular formula is C3H6CuOS2. The molecule has 0 unspecified atom stereocenters. The first kappa shape index (κ1) is 10.7. The molecule has 0 N–H and O–H groups in total. The minimum absolute atomic E-state index is 0. The number of methoxy groups -OCH3 is 1. The third-order valence-electron chi connectivity index (χ3n) is 0.333. The number of hydrogen-bond donors (Lipinski definition) is 0. The first-order chi connectivity index (χ1) is 2.81. The van der Waals surface area contributed by atoms with Gasteiger partial charge < -0.3 is 4.74 Å². The van der Waals surface area contributed by atoms with Crippen molar-refractivity contribution < 1.29 is 21.8 Å². The van der Waals surface area contributed by atoms with Crippen molar-refractivity contribution in [2.45, 2.75) is 0 Å². The topological polar surface area (TPSA) is 9.23 Å². The smallest absolute Gasteiger partial charge is 0.219 e. The summed E-state index contributed by atoms with van der Waals surface area (Å²) in [5.41, 5.74) is 0. The van der Waals surface area contributed by atoms with Gasteiger partial charge in [0, 0.05) is 17.1 Å². The third-order valence-corrected chi connectivity index (χ3v) is 1.50. The number of thioether (sulfide) groups is 1. The van der Waals surface area contributed by atoms with Gasteiger partial charge in [0.2, 0.25) is 4.38 Å². The average Bonchev–Trinajstić information content (AvgIpc) is 1.65. The molecule has 4 heteroatoms. The Labute approximate surface area is 63.7 Å². The van der Waals surface area contributed by atoms with E-state index in [2.05, 4.69) is 17.0 Å². The SMILES string of the molecule is COC(=S)SC.[Cu]. The normalized spacial score (nSPS) is 6.57. The Kier molecular flexibility index (Phi) is 10.3. The van der Waals surface area contributed by atoms with E-state index in [4.69, 9.17) is 0 Å². The zero-order valence-electron chi connectivity index (χ0n) is 4.03. The van der Waals surface area contributed by atoms with Gasteiger partial charge in [-0.1, -0.05) is 11.8 Å². The van der Waals surface area contributed by atoms with E-state index in [0.717, 1.165) is 0 Å². The molecule has 47 valence electrons. The molecule has 0 aromatic carbocycles. The van der Waals surface area contributed by atoms with Crippen LogP contribution in [-0.4, -0.2) is 17.7 Å². The summed E-state index contributed by atoms with van der Waals surface area (Å²) in [5, 5.41) is 0. The maximum absolute atomic E-state index is 4.60. The van der Waals surface area contributed by atoms with Crippen LogP contribution in [0.15, 0.2) is 0 Å². The van der Waals surface area contributed by atoms with Crippen LogP contribution in [-0.2, 0) is 21.8 Å². The van der Waals surface area contributed by atoms with Crippen LogP contribution in [0.5, 0.6) is 0 Å². The Bertz CT molecular complexity index is 50.9. The van der Waals surface area contributed by atoms with Gasteiger partial charge in [-0.25, -0.2) is 0 Å². The zero-order valence-corrected chi connectivity index (χ0v) is 6.60. The van der Waals surface area contributed by atoms with Gasteiger partial charge in [-0.05, 0) is 18.5 Å². The van der Waals surface area contributed by atoms with Crippen LogP contribution in [0.3, 0.4) is 0 Å². The minimum atomic E-state index is 0. The molecule has 1 radical (unpaired) electrons. The Balaban J connectivity index is 0. The molecule has 0 fully saturated rings. The molecule has 0 atom stereocenters. The summed E-state index contributed by atoms with van der Waals surface area (Å²) in [6, 6.07) is 0. The van der Waals surface area contributed by atoms with E-state index in [-0.39, 0.29) is 17.1 Å². The Morgan fingerprint density at radius 1 is 1.71 bits per heavy atom. The summed E-state index contributed by atoms with van der Waals surface area (Å²) < 4.78 is 5.19. The van der Waals surface area contributed by atoms with E-state index in [0.29, 0.717) is 4.38 Å². The molecule has 0 bridgehead atoms. The first-order valence-corrected chi connectivity index (χ1v) is 3.06. The predicted molar refractivity (Wildman–Crippen MR) is 33.1 cm³/mol. The van der Waals surface area contributed by atoms with Crippen LogP contribution in [0.25, 0.3) is 0 Å². The monoisotopic (exact) mass is 185 g/mol. The van der Waals surface area contributed by atoms with E-state index in [1.807, 2.05) is 6.26 Å². The summed E-state index contributed by atoms with van der Waals surface area (Å²) >= 11 is 6.03. The van der Waals surface area contributed by atoms with Crippen LogP contribution < -0.4 is 0 Å². The van der Waals surface area contributed by atoms with Gasteiger partial charge in [-0.15, -0.1) is 0 Å². The molecule has 0 aromatic rings. The van der Waals surface area contributed by atoms with Gasteiger partial charge in [-0.3, -0.25) is 0 Å². The van der Waals surface area contributed by atoms with Crippen molar-refractivity contribution in [1.29, 1.82) is 0 Å². The standard InChI is InChI=1S/C3H6OS2.Cu/c1-4-3(5)6-2;/h1-2H3;. The second-order valence-electron chi connectivity index (χ2n) is 0.658. The average molecular weight is 186 g/mol. The number of thiocarbonyl (C=S) groups is 1. The molecule has 0 saturated carbocycles. The summed E-state index contributed by atoms with van der Waals surface area (Å²) in [5.74, 6) is 0. The Hall–Kier alpha value is 0.759. The van der Waals surface area contributed by atoms with E-state index >= 15 is 0 Å². The van der Waals surface area contributed by atoms with Crippen molar-refractivity contribution in [3.8, 4) is 0 Å². The van der Waals surface area contributed by atoms with Crippen LogP contribution in [0.1, 0.15) is 0 Å². The quantitative estimate of drug-likeness (QED) is 0.416. The van der Waals surface area contributed by atoms with Crippen LogP contribution in [0.2, 0.25) is 0 Å². The van der Waals surface area contributed by atoms with Gasteiger partial charge in [-0.2, -0.15) is 0 Å². The van der Waals surface area contributed by atoms with Crippen molar-refractivity contribution in [3.63, 3.8) is 0 Å². The fourth-order valence-corrected chi connectivity index (χ4v) is 0.250. The summed E-state index contributed by atoms with van der Waals surface area (Å²) in [6.07, 6.45) is 1.88. The molecule has 1 nitrogen and oxygen atoms in total. The zero-order chi connectivity index (χ0) is 4.99. The maximum atomic E-state index is 4.60. The number of hydrogen-bond acceptors (Lipinski definition) is 3. The fraction of sp³-hybridized carbons (Fsp3) is 0.667. The van der Waals surface area contributed by atoms with E-state index in [1.54, 1.807) is 7.11 Å².